The van der Waals surface area contributed by atoms with Gasteiger partial charge in [0.1, 0.15) is 0 Å². The minimum atomic E-state index is 0.260. The Kier molecular flexibility index (Phi) is 4.70. The average molecular weight is 306 g/mol. The topological polar surface area (TPSA) is 51.6 Å². The van der Waals surface area contributed by atoms with Crippen molar-refractivity contribution in [3.05, 3.63) is 23.8 Å². The zero-order chi connectivity index (χ0) is 14.7. The van der Waals surface area contributed by atoms with Gasteiger partial charge in [0.05, 0.1) is 16.8 Å². The van der Waals surface area contributed by atoms with Crippen molar-refractivity contribution in [3.8, 4) is 0 Å². The second-order valence-corrected chi connectivity index (χ2v) is 6.44. The van der Waals surface area contributed by atoms with Crippen molar-refractivity contribution in [2.24, 2.45) is 0 Å². The number of benzene rings is 1. The molecule has 1 saturated heterocycles. The molecule has 6 heteroatoms. The fourth-order valence-corrected chi connectivity index (χ4v) is 3.63. The van der Waals surface area contributed by atoms with Gasteiger partial charge < -0.3 is 10.4 Å². The summed E-state index contributed by atoms with van der Waals surface area (Å²) in [4.78, 5) is 9.32. The van der Waals surface area contributed by atoms with Gasteiger partial charge in [0.2, 0.25) is 0 Å². The normalized spacial score (nSPS) is 17.4. The van der Waals surface area contributed by atoms with Crippen LogP contribution in [-0.2, 0) is 6.54 Å². The van der Waals surface area contributed by atoms with Gasteiger partial charge in [-0.25, -0.2) is 4.98 Å². The number of piperazine rings is 1. The molecule has 1 aromatic heterocycles. The highest BCUT2D eigenvalue weighted by Gasteiger charge is 2.16. The van der Waals surface area contributed by atoms with Crippen molar-refractivity contribution >= 4 is 26.7 Å². The van der Waals surface area contributed by atoms with E-state index in [-0.39, 0.29) is 6.61 Å². The smallest absolute Gasteiger partial charge is 0.183 e. The van der Waals surface area contributed by atoms with Crippen LogP contribution in [0.4, 0.5) is 5.13 Å². The molecule has 0 bridgehead atoms. The number of thiazole rings is 1. The molecule has 0 radical (unpaired) electrons. The number of nitrogens with one attached hydrogen (secondary N) is 1. The molecule has 0 unspecified atom stereocenters. The van der Waals surface area contributed by atoms with E-state index in [1.54, 1.807) is 11.3 Å². The Hall–Kier alpha value is -1.21. The maximum atomic E-state index is 8.98. The fourth-order valence-electron chi connectivity index (χ4n) is 2.74. The number of aliphatic hydroxyl groups excluding tert-OH is 1. The molecule has 2 aromatic rings. The summed E-state index contributed by atoms with van der Waals surface area (Å²) >= 11 is 1.70. The zero-order valence-electron chi connectivity index (χ0n) is 12.4. The first-order valence-corrected chi connectivity index (χ1v) is 8.23. The first-order valence-electron chi connectivity index (χ1n) is 7.41. The average Bonchev–Trinajstić information content (AvgIpc) is 2.92. The van der Waals surface area contributed by atoms with E-state index in [1.165, 1.54) is 10.3 Å². The van der Waals surface area contributed by atoms with Crippen LogP contribution in [0.5, 0.6) is 0 Å². The lowest BCUT2D eigenvalue weighted by molar-refractivity contribution is 0.108. The van der Waals surface area contributed by atoms with Gasteiger partial charge in [-0.3, -0.25) is 9.80 Å². The summed E-state index contributed by atoms with van der Waals surface area (Å²) in [6.07, 6.45) is 0. The summed E-state index contributed by atoms with van der Waals surface area (Å²) in [5.41, 5.74) is 2.42. The number of hydrogen-bond donors (Lipinski definition) is 2. The van der Waals surface area contributed by atoms with E-state index in [4.69, 9.17) is 5.11 Å². The summed E-state index contributed by atoms with van der Waals surface area (Å²) in [7, 11) is 1.91. The number of aliphatic hydroxyl groups is 1. The van der Waals surface area contributed by atoms with Crippen molar-refractivity contribution in [1.29, 1.82) is 0 Å². The molecule has 1 aliphatic rings. The molecule has 1 fully saturated rings. The molecule has 3 rings (SSSR count). The molecule has 0 spiro atoms. The van der Waals surface area contributed by atoms with E-state index >= 15 is 0 Å². The van der Waals surface area contributed by atoms with Crippen LogP contribution in [0.2, 0.25) is 0 Å². The van der Waals surface area contributed by atoms with Crippen molar-refractivity contribution in [2.45, 2.75) is 6.54 Å². The van der Waals surface area contributed by atoms with Crippen LogP contribution in [0.1, 0.15) is 5.56 Å². The lowest BCUT2D eigenvalue weighted by Gasteiger charge is -2.34. The Bertz CT molecular complexity index is 592. The summed E-state index contributed by atoms with van der Waals surface area (Å²) in [5, 5.41) is 13.1. The predicted molar refractivity (Wildman–Crippen MR) is 88.0 cm³/mol. The molecule has 0 aliphatic carbocycles. The maximum absolute atomic E-state index is 8.98. The largest absolute Gasteiger partial charge is 0.395 e. The summed E-state index contributed by atoms with van der Waals surface area (Å²) in [6.45, 7) is 6.30. The lowest BCUT2D eigenvalue weighted by atomic mass is 10.2. The molecule has 5 nitrogen and oxygen atoms in total. The van der Waals surface area contributed by atoms with Gasteiger partial charge >= 0.3 is 0 Å². The Morgan fingerprint density at radius 3 is 2.71 bits per heavy atom. The first-order chi connectivity index (χ1) is 10.3. The summed E-state index contributed by atoms with van der Waals surface area (Å²) in [6, 6.07) is 6.56. The van der Waals surface area contributed by atoms with E-state index in [0.717, 1.165) is 49.9 Å². The van der Waals surface area contributed by atoms with E-state index in [0.29, 0.717) is 0 Å². The maximum Gasteiger partial charge on any atom is 0.183 e. The Morgan fingerprint density at radius 1 is 1.24 bits per heavy atom. The van der Waals surface area contributed by atoms with Crippen LogP contribution in [0.15, 0.2) is 18.2 Å². The SMILES string of the molecule is CNc1nc2ccc(CN3CCN(CCO)CC3)cc2s1. The standard InChI is InChI=1S/C15H22N4OS/c1-16-15-17-13-3-2-12(10-14(13)21-15)11-19-6-4-18(5-7-19)8-9-20/h2-3,10,20H,4-9,11H2,1H3,(H,16,17). The highest BCUT2D eigenvalue weighted by Crippen LogP contribution is 2.26. The number of aromatic nitrogens is 1. The third-order valence-electron chi connectivity index (χ3n) is 3.95. The molecule has 0 amide bonds. The van der Waals surface area contributed by atoms with Gasteiger partial charge in [0.15, 0.2) is 5.13 Å². The highest BCUT2D eigenvalue weighted by atomic mass is 32.1. The van der Waals surface area contributed by atoms with Gasteiger partial charge in [-0.2, -0.15) is 0 Å². The number of nitrogens with zero attached hydrogens (tertiary/aromatic N) is 3. The van der Waals surface area contributed by atoms with Gasteiger partial charge in [-0.15, -0.1) is 0 Å². The number of fused-ring (bicyclic) bond motifs is 1. The molecule has 21 heavy (non-hydrogen) atoms. The Labute approximate surface area is 129 Å². The third kappa shape index (κ3) is 3.52. The van der Waals surface area contributed by atoms with Gasteiger partial charge in [-0.1, -0.05) is 17.4 Å². The predicted octanol–water partition coefficient (Wildman–Crippen LogP) is 1.45. The molecule has 1 aliphatic heterocycles. The molecule has 0 atom stereocenters. The molecule has 1 aromatic carbocycles. The lowest BCUT2D eigenvalue weighted by Crippen LogP contribution is -2.46. The van der Waals surface area contributed by atoms with Crippen molar-refractivity contribution in [1.82, 2.24) is 14.8 Å². The molecular formula is C15H22N4OS. The van der Waals surface area contributed by atoms with Crippen molar-refractivity contribution in [3.63, 3.8) is 0 Å². The van der Waals surface area contributed by atoms with Crippen molar-refractivity contribution in [2.75, 3.05) is 51.7 Å². The Morgan fingerprint density at radius 2 is 2.00 bits per heavy atom. The van der Waals surface area contributed by atoms with E-state index in [2.05, 4.69) is 38.3 Å². The molecule has 2 N–H and O–H groups in total. The molecular weight excluding hydrogens is 284 g/mol. The number of anilines is 1. The minimum Gasteiger partial charge on any atom is -0.395 e. The molecule has 114 valence electrons. The number of rotatable bonds is 5. The first kappa shape index (κ1) is 14.7. The molecule has 2 heterocycles. The summed E-state index contributed by atoms with van der Waals surface area (Å²) < 4.78 is 1.25. The Balaban J connectivity index is 1.62. The highest BCUT2D eigenvalue weighted by molar-refractivity contribution is 7.22. The van der Waals surface area contributed by atoms with Crippen LogP contribution in [0.3, 0.4) is 0 Å². The van der Waals surface area contributed by atoms with Gasteiger partial charge in [-0.05, 0) is 17.7 Å². The van der Waals surface area contributed by atoms with Gasteiger partial charge in [0, 0.05) is 46.3 Å². The van der Waals surface area contributed by atoms with Crippen molar-refractivity contribution < 1.29 is 5.11 Å². The van der Waals surface area contributed by atoms with Gasteiger partial charge in [0.25, 0.3) is 0 Å². The fraction of sp³-hybridized carbons (Fsp3) is 0.533. The van der Waals surface area contributed by atoms with E-state index in [9.17, 15) is 0 Å². The van der Waals surface area contributed by atoms with Crippen LogP contribution < -0.4 is 5.32 Å². The van der Waals surface area contributed by atoms with E-state index in [1.807, 2.05) is 7.05 Å². The van der Waals surface area contributed by atoms with Crippen LogP contribution in [-0.4, -0.2) is 66.3 Å². The quantitative estimate of drug-likeness (QED) is 0.876. The summed E-state index contributed by atoms with van der Waals surface area (Å²) in [5.74, 6) is 0. The number of hydrogen-bond acceptors (Lipinski definition) is 6. The van der Waals surface area contributed by atoms with Crippen LogP contribution >= 0.6 is 11.3 Å². The number of β-amino-alcohol motifs (C(OH)–C–C–N with tert-alkyl or cyclic N) is 1. The van der Waals surface area contributed by atoms with Crippen LogP contribution in [0.25, 0.3) is 10.2 Å². The van der Waals surface area contributed by atoms with E-state index < -0.39 is 0 Å². The second kappa shape index (κ2) is 6.70. The molecule has 0 saturated carbocycles. The van der Waals surface area contributed by atoms with Crippen LogP contribution in [0, 0.1) is 0 Å². The zero-order valence-corrected chi connectivity index (χ0v) is 13.2. The third-order valence-corrected chi connectivity index (χ3v) is 4.99. The minimum absolute atomic E-state index is 0.260. The monoisotopic (exact) mass is 306 g/mol. The second-order valence-electron chi connectivity index (χ2n) is 5.41.